The molecule has 57 heavy (non-hydrogen) atoms. The van der Waals surface area contributed by atoms with Gasteiger partial charge in [0.1, 0.15) is 90.8 Å². The van der Waals surface area contributed by atoms with Crippen molar-refractivity contribution in [2.45, 2.75) is 62.1 Å². The van der Waals surface area contributed by atoms with Gasteiger partial charge < -0.3 is 14.4 Å². The van der Waals surface area contributed by atoms with Crippen LogP contribution in [0.2, 0.25) is 0 Å². The second kappa shape index (κ2) is 17.5. The Hall–Kier alpha value is -3.31. The summed E-state index contributed by atoms with van der Waals surface area (Å²) in [7, 11) is 19.1. The van der Waals surface area contributed by atoms with Gasteiger partial charge in [-0.3, -0.25) is 9.59 Å². The Bertz CT molecular complexity index is 2210. The first kappa shape index (κ1) is 44.8. The number of carbonyl (C=O) groups excluding carboxylic acids is 1. The fourth-order valence-electron chi connectivity index (χ4n) is 9.16. The van der Waals surface area contributed by atoms with E-state index in [0.29, 0.717) is 53.3 Å². The molecule has 21 heteroatoms. The smallest absolute Gasteiger partial charge is 0.346 e. The summed E-state index contributed by atoms with van der Waals surface area (Å²) < 4.78 is 58.4. The Morgan fingerprint density at radius 3 is 1.79 bits per heavy atom. The molecule has 1 amide bonds. The van der Waals surface area contributed by atoms with Crippen molar-refractivity contribution in [3.8, 4) is 11.1 Å². The fourth-order valence-corrected chi connectivity index (χ4v) is 10.1. The van der Waals surface area contributed by atoms with Gasteiger partial charge in [0.2, 0.25) is 5.91 Å². The monoisotopic (exact) mass is 786 g/mol. The van der Waals surface area contributed by atoms with Crippen molar-refractivity contribution in [3.63, 3.8) is 0 Å². The molecule has 0 N–H and O–H groups in total. The maximum absolute atomic E-state index is 15.1. The Morgan fingerprint density at radius 2 is 1.30 bits per heavy atom. The minimum Gasteiger partial charge on any atom is -0.346 e. The molecule has 0 radical (unpaired) electrons. The first-order valence-corrected chi connectivity index (χ1v) is 21.0. The number of thioether (sulfide) groups is 1. The van der Waals surface area contributed by atoms with Crippen LogP contribution in [-0.2, 0) is 41.4 Å². The summed E-state index contributed by atoms with van der Waals surface area (Å²) in [5.74, 6) is 0.0286. The molecule has 0 unspecified atom stereocenters. The summed E-state index contributed by atoms with van der Waals surface area (Å²) in [5.41, 5.74) is 10.0. The molecule has 6 nitrogen and oxygen atoms in total. The molecule has 0 saturated heterocycles. The third kappa shape index (κ3) is 8.71. The summed E-state index contributed by atoms with van der Waals surface area (Å²) in [6, 6.07) is 6.24. The average Bonchev–Trinajstić information content (AvgIpc) is 3.65. The highest BCUT2D eigenvalue weighted by molar-refractivity contribution is 7.98. The molecule has 0 spiro atoms. The zero-order chi connectivity index (χ0) is 42.3. The van der Waals surface area contributed by atoms with Crippen molar-refractivity contribution in [2.75, 3.05) is 26.2 Å². The number of likely N-dealkylation sites (N-methyl/N-ethyl adjacent to an activating group) is 1. The SMILES string of the molecule is Bc1c(B)c(C(F)(F)F)c(B)c(B)c1-c1c(B)c(B)c(C(B)(B)N(CCN(CC)CC)C(=O)Cn2c(SCc3ccc(F)cc3)nc(=O)c3c2CCC3)c(B)c1B. The molecule has 0 atom stereocenters. The van der Waals surface area contributed by atoms with Crippen molar-refractivity contribution < 1.29 is 22.4 Å². The van der Waals surface area contributed by atoms with E-state index in [1.165, 1.54) is 23.9 Å². The predicted molar refractivity (Wildman–Crippen MR) is 257 cm³/mol. The number of fused-ring (bicyclic) bond motifs is 1. The van der Waals surface area contributed by atoms with Crippen molar-refractivity contribution in [1.82, 2.24) is 19.4 Å². The second-order valence-electron chi connectivity index (χ2n) is 16.1. The summed E-state index contributed by atoms with van der Waals surface area (Å²) in [6.07, 6.45) is -2.35. The molecular weight excluding hydrogens is 737 g/mol. The van der Waals surface area contributed by atoms with Crippen LogP contribution in [0.5, 0.6) is 0 Å². The van der Waals surface area contributed by atoms with Gasteiger partial charge in [0, 0.05) is 41.0 Å². The van der Waals surface area contributed by atoms with Crippen LogP contribution < -0.4 is 49.3 Å². The molecule has 0 bridgehead atoms. The van der Waals surface area contributed by atoms with Gasteiger partial charge >= 0.3 is 6.18 Å². The Kier molecular flexibility index (Phi) is 13.8. The summed E-state index contributed by atoms with van der Waals surface area (Å²) in [5, 5.41) is -0.337. The van der Waals surface area contributed by atoms with Gasteiger partial charge in [-0.25, -0.2) is 4.39 Å². The standard InChI is InChI=1S/C36H48B10F4N4O2S/c1-3-52(4-2)12-13-54(20(55)14-53-19-7-5-6-18(19)33(56)51-34(53)57-15-16-8-10-17(47)11-9-16)35(45,46)23-29(41)25(37)21(26(38)30(23)42)22-27(39)31(43)24(36(48,49)50)32(44)28(22)40/h8-11H,3-7,12-15,37-46H2,1-2H3. The van der Waals surface area contributed by atoms with Gasteiger partial charge in [-0.15, -0.1) is 0 Å². The highest BCUT2D eigenvalue weighted by Gasteiger charge is 2.39. The van der Waals surface area contributed by atoms with Crippen molar-refractivity contribution in [3.05, 3.63) is 68.4 Å². The third-order valence-electron chi connectivity index (χ3n) is 12.7. The number of rotatable bonds is 13. The van der Waals surface area contributed by atoms with Crippen LogP contribution in [0.1, 0.15) is 48.2 Å². The first-order valence-electron chi connectivity index (χ1n) is 20.0. The number of alkyl halides is 3. The molecule has 1 aliphatic rings. The lowest BCUT2D eigenvalue weighted by Crippen LogP contribution is -2.61. The van der Waals surface area contributed by atoms with E-state index in [1.807, 2.05) is 25.2 Å². The highest BCUT2D eigenvalue weighted by Crippen LogP contribution is 2.29. The van der Waals surface area contributed by atoms with Crippen LogP contribution >= 0.6 is 11.8 Å². The van der Waals surface area contributed by atoms with Crippen LogP contribution in [0, 0.1) is 5.82 Å². The number of nitrogens with zero attached hydrogens (tertiary/aromatic N) is 4. The van der Waals surface area contributed by atoms with Gasteiger partial charge in [0.05, 0.1) is 0 Å². The molecule has 5 rings (SSSR count). The summed E-state index contributed by atoms with van der Waals surface area (Å²) >= 11 is 1.37. The molecule has 3 aromatic carbocycles. The number of aromatic nitrogens is 2. The Morgan fingerprint density at radius 1 is 0.789 bits per heavy atom. The van der Waals surface area contributed by atoms with E-state index in [-0.39, 0.29) is 34.8 Å². The lowest BCUT2D eigenvalue weighted by atomic mass is 9.49. The van der Waals surface area contributed by atoms with Crippen LogP contribution in [0.15, 0.2) is 34.2 Å². The molecular formula is C36H48B10F4N4O2S. The quantitative estimate of drug-likeness (QED) is 0.0585. The molecule has 1 aromatic heterocycles. The Balaban J connectivity index is 1.63. The van der Waals surface area contributed by atoms with Gasteiger partial charge in [-0.2, -0.15) is 18.2 Å². The van der Waals surface area contributed by atoms with Crippen molar-refractivity contribution in [1.29, 1.82) is 0 Å². The van der Waals surface area contributed by atoms with Crippen molar-refractivity contribution >= 4 is 140 Å². The van der Waals surface area contributed by atoms with E-state index in [2.05, 4.69) is 55.1 Å². The van der Waals surface area contributed by atoms with Gasteiger partial charge in [-0.05, 0) is 61.2 Å². The normalized spacial score (nSPS) is 13.0. The maximum atomic E-state index is 15.1. The first-order chi connectivity index (χ1) is 26.7. The Labute approximate surface area is 348 Å². The van der Waals surface area contributed by atoms with Crippen LogP contribution in [0.25, 0.3) is 11.1 Å². The number of hydrogen-bond donors (Lipinski definition) is 0. The number of halogens is 4. The van der Waals surface area contributed by atoms with Crippen LogP contribution in [-0.4, -0.2) is 130 Å². The second-order valence-corrected chi connectivity index (χ2v) is 17.1. The van der Waals surface area contributed by atoms with Crippen LogP contribution in [0.4, 0.5) is 17.6 Å². The number of benzene rings is 3. The average molecular weight is 785 g/mol. The van der Waals surface area contributed by atoms with Crippen LogP contribution in [0.3, 0.4) is 0 Å². The minimum atomic E-state index is -4.46. The molecule has 0 aliphatic heterocycles. The molecule has 0 fully saturated rings. The van der Waals surface area contributed by atoms with Gasteiger partial charge in [0.15, 0.2) is 5.16 Å². The molecule has 4 aromatic rings. The zero-order valence-electron chi connectivity index (χ0n) is 35.7. The molecule has 288 valence electrons. The van der Waals surface area contributed by atoms with Gasteiger partial charge in [0.25, 0.3) is 5.56 Å². The van der Waals surface area contributed by atoms with Crippen molar-refractivity contribution in [2.24, 2.45) is 0 Å². The topological polar surface area (TPSA) is 58.4 Å². The fraction of sp³-hybridized carbons (Fsp3) is 0.361. The number of amides is 1. The highest BCUT2D eigenvalue weighted by atomic mass is 32.2. The number of carbonyl (C=O) groups is 1. The van der Waals surface area contributed by atoms with E-state index < -0.39 is 17.1 Å². The third-order valence-corrected chi connectivity index (χ3v) is 13.7. The lowest BCUT2D eigenvalue weighted by Gasteiger charge is -2.44. The lowest BCUT2D eigenvalue weighted by molar-refractivity contribution is -0.136. The minimum absolute atomic E-state index is 0.000313. The molecule has 1 aliphatic carbocycles. The van der Waals surface area contributed by atoms with E-state index in [9.17, 15) is 22.4 Å². The number of hydrogen-bond acceptors (Lipinski definition) is 5. The molecule has 1 heterocycles. The van der Waals surface area contributed by atoms with Gasteiger partial charge in [-0.1, -0.05) is 87.0 Å². The largest absolute Gasteiger partial charge is 0.415 e. The predicted octanol–water partition coefficient (Wildman–Crippen LogP) is -8.84. The van der Waals surface area contributed by atoms with E-state index in [1.54, 1.807) is 43.5 Å². The van der Waals surface area contributed by atoms with E-state index in [0.717, 1.165) is 69.3 Å². The van der Waals surface area contributed by atoms with E-state index >= 15 is 4.79 Å². The maximum Gasteiger partial charge on any atom is 0.415 e. The zero-order valence-corrected chi connectivity index (χ0v) is 36.5. The summed E-state index contributed by atoms with van der Waals surface area (Å²) in [6.45, 7) is 6.98. The molecule has 0 saturated carbocycles. The van der Waals surface area contributed by atoms with E-state index in [4.69, 9.17) is 0 Å². The summed E-state index contributed by atoms with van der Waals surface area (Å²) in [4.78, 5) is 37.0.